The summed E-state index contributed by atoms with van der Waals surface area (Å²) >= 11 is 0. The lowest BCUT2D eigenvalue weighted by Crippen LogP contribution is -2.48. The van der Waals surface area contributed by atoms with Gasteiger partial charge in [-0.1, -0.05) is 40.0 Å². The highest BCUT2D eigenvalue weighted by molar-refractivity contribution is 5.81. The van der Waals surface area contributed by atoms with Crippen LogP contribution < -0.4 is 0 Å². The predicted molar refractivity (Wildman–Crippen MR) is 66.1 cm³/mol. The van der Waals surface area contributed by atoms with Gasteiger partial charge in [0, 0.05) is 18.5 Å². The zero-order valence-electron chi connectivity index (χ0n) is 11.0. The Bertz CT molecular complexity index is 266. The number of carbonyl (C=O) groups excluding carboxylic acids is 1. The van der Waals surface area contributed by atoms with Crippen molar-refractivity contribution in [2.75, 3.05) is 13.1 Å². The third-order valence-electron chi connectivity index (χ3n) is 4.22. The van der Waals surface area contributed by atoms with E-state index in [1.54, 1.807) is 0 Å². The summed E-state index contributed by atoms with van der Waals surface area (Å²) in [6.45, 7) is 8.12. The maximum Gasteiger partial charge on any atom is 0.227 e. The topological polar surface area (TPSA) is 20.3 Å². The third-order valence-corrected chi connectivity index (χ3v) is 4.22. The Labute approximate surface area is 99.4 Å². The Hall–Kier alpha value is -0.530. The van der Waals surface area contributed by atoms with Crippen LogP contribution in [0.1, 0.15) is 52.9 Å². The van der Waals surface area contributed by atoms with E-state index in [-0.39, 0.29) is 5.41 Å². The minimum atomic E-state index is -0.207. The van der Waals surface area contributed by atoms with Crippen LogP contribution in [-0.2, 0) is 4.79 Å². The molecular formula is C14H25NO. The molecule has 2 rings (SSSR count). The molecule has 1 aliphatic heterocycles. The van der Waals surface area contributed by atoms with Gasteiger partial charge < -0.3 is 4.90 Å². The van der Waals surface area contributed by atoms with Gasteiger partial charge in [0.2, 0.25) is 5.91 Å². The second-order valence-corrected chi connectivity index (χ2v) is 6.59. The Morgan fingerprint density at radius 2 is 1.69 bits per heavy atom. The quantitative estimate of drug-likeness (QED) is 0.618. The van der Waals surface area contributed by atoms with Gasteiger partial charge in [-0.15, -0.1) is 0 Å². The van der Waals surface area contributed by atoms with E-state index < -0.39 is 0 Å². The molecule has 92 valence electrons. The average molecular weight is 223 g/mol. The van der Waals surface area contributed by atoms with Crippen molar-refractivity contribution < 1.29 is 4.79 Å². The Balaban J connectivity index is 1.97. The summed E-state index contributed by atoms with van der Waals surface area (Å²) in [4.78, 5) is 14.3. The van der Waals surface area contributed by atoms with Crippen molar-refractivity contribution in [1.29, 1.82) is 0 Å². The van der Waals surface area contributed by atoms with Crippen LogP contribution in [0.4, 0.5) is 0 Å². The van der Waals surface area contributed by atoms with Crippen LogP contribution in [0.25, 0.3) is 0 Å². The lowest BCUT2D eigenvalue weighted by Gasteiger charge is -2.43. The molecule has 1 saturated heterocycles. The van der Waals surface area contributed by atoms with Crippen molar-refractivity contribution >= 4 is 5.91 Å². The van der Waals surface area contributed by atoms with Gasteiger partial charge in [0.05, 0.1) is 0 Å². The first-order valence-corrected chi connectivity index (χ1v) is 6.78. The number of hydrogen-bond donors (Lipinski definition) is 0. The molecule has 0 aromatic heterocycles. The number of carbonyl (C=O) groups is 1. The number of fused-ring (bicyclic) bond motifs is 1. The summed E-state index contributed by atoms with van der Waals surface area (Å²) in [5.41, 5.74) is -0.207. The minimum absolute atomic E-state index is 0.207. The first-order chi connectivity index (χ1) is 7.48. The molecule has 0 radical (unpaired) electrons. The first-order valence-electron chi connectivity index (χ1n) is 6.78. The van der Waals surface area contributed by atoms with E-state index in [0.29, 0.717) is 5.91 Å². The molecule has 1 amide bonds. The van der Waals surface area contributed by atoms with E-state index in [9.17, 15) is 4.79 Å². The summed E-state index contributed by atoms with van der Waals surface area (Å²) in [6, 6.07) is 0. The van der Waals surface area contributed by atoms with Gasteiger partial charge in [-0.05, 0) is 24.7 Å². The highest BCUT2D eigenvalue weighted by Gasteiger charge is 2.35. The van der Waals surface area contributed by atoms with Crippen LogP contribution in [-0.4, -0.2) is 23.9 Å². The van der Waals surface area contributed by atoms with E-state index in [1.807, 2.05) is 20.8 Å². The van der Waals surface area contributed by atoms with Crippen LogP contribution in [0.15, 0.2) is 0 Å². The Kier molecular flexibility index (Phi) is 3.27. The average Bonchev–Trinajstić information content (AvgIpc) is 2.26. The van der Waals surface area contributed by atoms with Gasteiger partial charge >= 0.3 is 0 Å². The molecule has 1 saturated carbocycles. The fraction of sp³-hybridized carbons (Fsp3) is 0.929. The molecule has 2 heteroatoms. The molecule has 0 bridgehead atoms. The van der Waals surface area contributed by atoms with Crippen LogP contribution in [0.2, 0.25) is 0 Å². The number of rotatable bonds is 0. The summed E-state index contributed by atoms with van der Waals surface area (Å²) in [5, 5.41) is 0. The van der Waals surface area contributed by atoms with E-state index in [4.69, 9.17) is 0 Å². The molecule has 0 spiro atoms. The lowest BCUT2D eigenvalue weighted by atomic mass is 9.74. The minimum Gasteiger partial charge on any atom is -0.342 e. The lowest BCUT2D eigenvalue weighted by molar-refractivity contribution is -0.142. The molecule has 1 aliphatic carbocycles. The number of amides is 1. The van der Waals surface area contributed by atoms with Gasteiger partial charge in [-0.2, -0.15) is 0 Å². The second kappa shape index (κ2) is 4.38. The number of hydrogen-bond acceptors (Lipinski definition) is 1. The number of nitrogens with zero attached hydrogens (tertiary/aromatic N) is 1. The van der Waals surface area contributed by atoms with Crippen molar-refractivity contribution in [2.45, 2.75) is 52.9 Å². The summed E-state index contributed by atoms with van der Waals surface area (Å²) < 4.78 is 0. The van der Waals surface area contributed by atoms with Crippen molar-refractivity contribution in [3.8, 4) is 0 Å². The SMILES string of the molecule is CC(C)(C)C(=O)N1CC[C@H]2CCCC[C@@H]2C1. The third kappa shape index (κ3) is 2.41. The second-order valence-electron chi connectivity index (χ2n) is 6.59. The van der Waals surface area contributed by atoms with Gasteiger partial charge in [-0.3, -0.25) is 4.79 Å². The maximum absolute atomic E-state index is 12.2. The monoisotopic (exact) mass is 223 g/mol. The van der Waals surface area contributed by atoms with Gasteiger partial charge in [0.15, 0.2) is 0 Å². The highest BCUT2D eigenvalue weighted by Crippen LogP contribution is 2.37. The van der Waals surface area contributed by atoms with E-state index in [0.717, 1.165) is 24.9 Å². The summed E-state index contributed by atoms with van der Waals surface area (Å²) in [6.07, 6.45) is 6.78. The molecule has 2 aliphatic rings. The molecule has 0 unspecified atom stereocenters. The van der Waals surface area contributed by atoms with Crippen LogP contribution in [0.3, 0.4) is 0 Å². The van der Waals surface area contributed by atoms with Crippen molar-refractivity contribution in [2.24, 2.45) is 17.3 Å². The highest BCUT2D eigenvalue weighted by atomic mass is 16.2. The summed E-state index contributed by atoms with van der Waals surface area (Å²) in [7, 11) is 0. The molecule has 2 fully saturated rings. The molecular weight excluding hydrogens is 198 g/mol. The molecule has 0 aromatic rings. The normalized spacial score (nSPS) is 31.1. The Morgan fingerprint density at radius 3 is 2.31 bits per heavy atom. The van der Waals surface area contributed by atoms with Gasteiger partial charge in [-0.25, -0.2) is 0 Å². The zero-order chi connectivity index (χ0) is 11.8. The first kappa shape index (κ1) is 11.9. The van der Waals surface area contributed by atoms with Gasteiger partial charge in [0.1, 0.15) is 0 Å². The summed E-state index contributed by atoms with van der Waals surface area (Å²) in [5.74, 6) is 2.06. The standard InChI is InChI=1S/C14H25NO/c1-14(2,3)13(16)15-9-8-11-6-4-5-7-12(11)10-15/h11-12H,4-10H2,1-3H3/t11-,12-/m1/s1. The van der Waals surface area contributed by atoms with E-state index in [1.165, 1.54) is 32.1 Å². The molecule has 0 N–H and O–H groups in total. The zero-order valence-corrected chi connectivity index (χ0v) is 11.0. The molecule has 2 nitrogen and oxygen atoms in total. The fourth-order valence-corrected chi connectivity index (χ4v) is 3.26. The smallest absolute Gasteiger partial charge is 0.227 e. The van der Waals surface area contributed by atoms with Crippen LogP contribution in [0.5, 0.6) is 0 Å². The largest absolute Gasteiger partial charge is 0.342 e. The number of piperidine rings is 1. The van der Waals surface area contributed by atoms with Crippen LogP contribution >= 0.6 is 0 Å². The van der Waals surface area contributed by atoms with Crippen LogP contribution in [0, 0.1) is 17.3 Å². The molecule has 2 atom stereocenters. The molecule has 1 heterocycles. The Morgan fingerprint density at radius 1 is 1.06 bits per heavy atom. The maximum atomic E-state index is 12.2. The fourth-order valence-electron chi connectivity index (χ4n) is 3.26. The van der Waals surface area contributed by atoms with Crippen molar-refractivity contribution in [3.63, 3.8) is 0 Å². The van der Waals surface area contributed by atoms with Gasteiger partial charge in [0.25, 0.3) is 0 Å². The van der Waals surface area contributed by atoms with E-state index >= 15 is 0 Å². The predicted octanol–water partition coefficient (Wildman–Crippen LogP) is 3.07. The molecule has 16 heavy (non-hydrogen) atoms. The number of likely N-dealkylation sites (tertiary alicyclic amines) is 1. The van der Waals surface area contributed by atoms with Crippen molar-refractivity contribution in [1.82, 2.24) is 4.90 Å². The van der Waals surface area contributed by atoms with E-state index in [2.05, 4.69) is 4.90 Å². The molecule has 0 aromatic carbocycles. The van der Waals surface area contributed by atoms with Crippen molar-refractivity contribution in [3.05, 3.63) is 0 Å².